The summed E-state index contributed by atoms with van der Waals surface area (Å²) in [7, 11) is 0. The normalized spacial score (nSPS) is 10.8. The van der Waals surface area contributed by atoms with E-state index in [1.165, 1.54) is 11.7 Å². The highest BCUT2D eigenvalue weighted by Crippen LogP contribution is 2.29. The molecule has 0 saturated heterocycles. The minimum atomic E-state index is -0.473. The van der Waals surface area contributed by atoms with Crippen LogP contribution >= 0.6 is 0 Å². The number of hydrogen-bond acceptors (Lipinski definition) is 5. The number of aryl methyl sites for hydroxylation is 1. The maximum absolute atomic E-state index is 11.7. The topological polar surface area (TPSA) is 144 Å². The zero-order chi connectivity index (χ0) is 23.0. The second-order valence-electron chi connectivity index (χ2n) is 7.45. The van der Waals surface area contributed by atoms with Gasteiger partial charge in [0.1, 0.15) is 17.2 Å². The van der Waals surface area contributed by atoms with Crippen molar-refractivity contribution in [2.75, 3.05) is 0 Å². The number of nitrogens with two attached hydrogens (primary N) is 2. The molecular formula is C24H22N6O2. The molecule has 160 valence electrons. The van der Waals surface area contributed by atoms with Crippen LogP contribution in [0.1, 0.15) is 23.6 Å². The van der Waals surface area contributed by atoms with E-state index in [1.54, 1.807) is 18.2 Å². The van der Waals surface area contributed by atoms with E-state index < -0.39 is 5.97 Å². The third-order valence-corrected chi connectivity index (χ3v) is 5.14. The molecule has 0 aliphatic rings. The van der Waals surface area contributed by atoms with Crippen LogP contribution < -0.4 is 16.3 Å². The second-order valence-corrected chi connectivity index (χ2v) is 7.45. The molecule has 0 radical (unpaired) electrons. The highest BCUT2D eigenvalue weighted by molar-refractivity contribution is 5.98. The summed E-state index contributed by atoms with van der Waals surface area (Å²) in [4.78, 5) is 21.8. The minimum Gasteiger partial charge on any atom is -0.384 e. The van der Waals surface area contributed by atoms with Gasteiger partial charge in [-0.3, -0.25) is 10.8 Å². The molecule has 0 bridgehead atoms. The number of fused-ring (bicyclic) bond motifs is 1. The van der Waals surface area contributed by atoms with Crippen molar-refractivity contribution in [3.05, 3.63) is 77.4 Å². The Bertz CT molecular complexity index is 1390. The molecule has 0 amide bonds. The number of nitrogens with zero attached hydrogens (tertiary/aromatic N) is 2. The number of nitrogens with one attached hydrogen (secondary N) is 2. The number of benzene rings is 3. The quantitative estimate of drug-likeness (QED) is 0.286. The van der Waals surface area contributed by atoms with Gasteiger partial charge in [-0.05, 0) is 47.9 Å². The van der Waals surface area contributed by atoms with Gasteiger partial charge in [0.15, 0.2) is 5.82 Å². The van der Waals surface area contributed by atoms with E-state index >= 15 is 0 Å². The van der Waals surface area contributed by atoms with Gasteiger partial charge in [0.2, 0.25) is 0 Å². The first-order valence-electron chi connectivity index (χ1n) is 9.86. The first-order valence-corrected chi connectivity index (χ1v) is 9.86. The molecule has 6 N–H and O–H groups in total. The maximum atomic E-state index is 11.7. The Balaban J connectivity index is 1.78. The largest absolute Gasteiger partial charge is 0.384 e. The lowest BCUT2D eigenvalue weighted by Crippen LogP contribution is -2.17. The fourth-order valence-electron chi connectivity index (χ4n) is 3.58. The highest BCUT2D eigenvalue weighted by Gasteiger charge is 2.17. The van der Waals surface area contributed by atoms with Crippen LogP contribution in [0.4, 0.5) is 0 Å². The van der Waals surface area contributed by atoms with Crippen molar-refractivity contribution < 1.29 is 9.63 Å². The van der Waals surface area contributed by atoms with E-state index in [0.29, 0.717) is 28.0 Å². The Hall–Kier alpha value is -4.46. The van der Waals surface area contributed by atoms with Gasteiger partial charge >= 0.3 is 5.97 Å². The summed E-state index contributed by atoms with van der Waals surface area (Å²) in [5.41, 5.74) is 17.4. The van der Waals surface area contributed by atoms with Gasteiger partial charge in [0.05, 0.1) is 5.52 Å². The molecule has 0 aliphatic heterocycles. The summed E-state index contributed by atoms with van der Waals surface area (Å²) in [5.74, 6) is -0.0385. The lowest BCUT2D eigenvalue weighted by molar-refractivity contribution is -0.140. The van der Waals surface area contributed by atoms with E-state index in [-0.39, 0.29) is 11.7 Å². The van der Waals surface area contributed by atoms with Gasteiger partial charge in [-0.15, -0.1) is 0 Å². The van der Waals surface area contributed by atoms with Crippen molar-refractivity contribution in [3.8, 4) is 22.5 Å². The predicted octanol–water partition coefficient (Wildman–Crippen LogP) is 3.22. The number of amidine groups is 2. The molecule has 0 aliphatic carbocycles. The molecule has 1 aromatic heterocycles. The lowest BCUT2D eigenvalue weighted by Gasteiger charge is -2.10. The van der Waals surface area contributed by atoms with E-state index in [2.05, 4.69) is 4.98 Å². The Kier molecular flexibility index (Phi) is 5.19. The van der Waals surface area contributed by atoms with Crippen molar-refractivity contribution in [1.29, 1.82) is 10.8 Å². The third kappa shape index (κ3) is 3.81. The molecule has 0 unspecified atom stereocenters. The van der Waals surface area contributed by atoms with Gasteiger partial charge in [-0.2, -0.15) is 4.73 Å². The number of aromatic nitrogens is 2. The first kappa shape index (κ1) is 20.8. The number of nitrogen functional groups attached to an aromatic ring is 2. The van der Waals surface area contributed by atoms with Gasteiger partial charge in [-0.25, -0.2) is 9.78 Å². The van der Waals surface area contributed by atoms with Crippen LogP contribution in [0.2, 0.25) is 0 Å². The predicted molar refractivity (Wildman–Crippen MR) is 125 cm³/mol. The van der Waals surface area contributed by atoms with Gasteiger partial charge < -0.3 is 16.3 Å². The van der Waals surface area contributed by atoms with E-state index in [4.69, 9.17) is 27.1 Å². The van der Waals surface area contributed by atoms with E-state index in [0.717, 1.165) is 22.3 Å². The van der Waals surface area contributed by atoms with Crippen LogP contribution in [0.25, 0.3) is 33.5 Å². The molecule has 4 rings (SSSR count). The standard InChI is InChI=1S/C24H22N6O2/c1-13-11-17(22(25)26)7-9-19(13)15-3-5-16(6-4-15)24-29-20-12-18(23(27)28)8-10-21(20)30(24)32-14(2)31/h3-12H,1-2H3,(H3,25,26)(H3,27,28). The monoisotopic (exact) mass is 426 g/mol. The molecule has 32 heavy (non-hydrogen) atoms. The van der Waals surface area contributed by atoms with Crippen molar-refractivity contribution >= 4 is 28.7 Å². The fourth-order valence-corrected chi connectivity index (χ4v) is 3.58. The first-order chi connectivity index (χ1) is 15.2. The molecule has 0 spiro atoms. The Morgan fingerprint density at radius 2 is 1.50 bits per heavy atom. The molecule has 4 aromatic rings. The molecule has 0 atom stereocenters. The second kappa shape index (κ2) is 7.99. The summed E-state index contributed by atoms with van der Waals surface area (Å²) < 4.78 is 1.39. The highest BCUT2D eigenvalue weighted by atomic mass is 16.7. The number of imidazole rings is 1. The number of hydrogen-bond donors (Lipinski definition) is 4. The van der Waals surface area contributed by atoms with E-state index in [1.807, 2.05) is 49.4 Å². The average Bonchev–Trinajstić information content (AvgIpc) is 3.10. The Morgan fingerprint density at radius 1 is 0.906 bits per heavy atom. The van der Waals surface area contributed by atoms with Crippen LogP contribution in [0.15, 0.2) is 60.7 Å². The lowest BCUT2D eigenvalue weighted by atomic mass is 9.97. The summed E-state index contributed by atoms with van der Waals surface area (Å²) in [6.45, 7) is 3.30. The summed E-state index contributed by atoms with van der Waals surface area (Å²) in [6, 6.07) is 18.5. The zero-order valence-electron chi connectivity index (χ0n) is 17.6. The van der Waals surface area contributed by atoms with Gasteiger partial charge in [0, 0.05) is 23.6 Å². The molecule has 1 heterocycles. The molecular weight excluding hydrogens is 404 g/mol. The fraction of sp³-hybridized carbons (Fsp3) is 0.0833. The maximum Gasteiger partial charge on any atom is 0.329 e. The summed E-state index contributed by atoms with van der Waals surface area (Å²) in [5, 5.41) is 15.2. The third-order valence-electron chi connectivity index (χ3n) is 5.14. The summed E-state index contributed by atoms with van der Waals surface area (Å²) >= 11 is 0. The van der Waals surface area contributed by atoms with Crippen LogP contribution in [0, 0.1) is 17.7 Å². The van der Waals surface area contributed by atoms with Crippen molar-refractivity contribution in [2.45, 2.75) is 13.8 Å². The van der Waals surface area contributed by atoms with Crippen LogP contribution in [0.5, 0.6) is 0 Å². The van der Waals surface area contributed by atoms with Gasteiger partial charge in [0.25, 0.3) is 0 Å². The minimum absolute atomic E-state index is 0.0345. The number of carbonyl (C=O) groups is 1. The Labute approximate surface area is 184 Å². The Morgan fingerprint density at radius 3 is 2.09 bits per heavy atom. The molecule has 0 fully saturated rings. The SMILES string of the molecule is CC(=O)On1c(-c2ccc(-c3ccc(C(=N)N)cc3C)cc2)nc2cc(C(=N)N)ccc21. The number of carbonyl (C=O) groups excluding carboxylic acids is 1. The van der Waals surface area contributed by atoms with Crippen LogP contribution in [-0.4, -0.2) is 27.4 Å². The molecule has 8 nitrogen and oxygen atoms in total. The smallest absolute Gasteiger partial charge is 0.329 e. The zero-order valence-corrected chi connectivity index (χ0v) is 17.6. The average molecular weight is 426 g/mol. The summed E-state index contributed by atoms with van der Waals surface area (Å²) in [6.07, 6.45) is 0. The van der Waals surface area contributed by atoms with Crippen molar-refractivity contribution in [1.82, 2.24) is 9.71 Å². The number of rotatable bonds is 5. The molecule has 3 aromatic carbocycles. The van der Waals surface area contributed by atoms with Crippen molar-refractivity contribution in [2.24, 2.45) is 11.5 Å². The van der Waals surface area contributed by atoms with Crippen molar-refractivity contribution in [3.63, 3.8) is 0 Å². The van der Waals surface area contributed by atoms with E-state index in [9.17, 15) is 4.79 Å². The van der Waals surface area contributed by atoms with Gasteiger partial charge in [-0.1, -0.05) is 36.4 Å². The van der Waals surface area contributed by atoms with Crippen LogP contribution in [0.3, 0.4) is 0 Å². The molecule has 0 saturated carbocycles. The molecule has 8 heteroatoms. The van der Waals surface area contributed by atoms with Crippen LogP contribution in [-0.2, 0) is 4.79 Å².